The Morgan fingerprint density at radius 1 is 0.593 bits per heavy atom. The summed E-state index contributed by atoms with van der Waals surface area (Å²) in [6.45, 7) is 12.1. The van der Waals surface area contributed by atoms with Crippen LogP contribution in [0.25, 0.3) is 38.9 Å². The first kappa shape index (κ1) is 28.3. The SMILES string of the molecule is CC(c1ccccc1)c1cc2[n+]3c(c1)-c1ccc4c5[n+]1C31c3c(ccc6c3N5c3c(cccc3C4(C)C)C6(C)C)-n3c4ccccc4c4ccc(c1c43)O2. The number of anilines is 3. The van der Waals surface area contributed by atoms with E-state index < -0.39 is 5.66 Å². The van der Waals surface area contributed by atoms with Crippen LogP contribution in [0.4, 0.5) is 17.2 Å². The van der Waals surface area contributed by atoms with Crippen LogP contribution in [0.3, 0.4) is 0 Å². The molecule has 0 N–H and O–H groups in total. The van der Waals surface area contributed by atoms with Crippen molar-refractivity contribution in [3.63, 3.8) is 0 Å². The number of nitrogens with zero attached hydrogens (tertiary/aromatic N) is 4. The van der Waals surface area contributed by atoms with Crippen LogP contribution >= 0.6 is 0 Å². The molecule has 3 aromatic heterocycles. The van der Waals surface area contributed by atoms with Crippen LogP contribution in [-0.2, 0) is 16.5 Å². The molecule has 6 aliphatic heterocycles. The highest BCUT2D eigenvalue weighted by molar-refractivity contribution is 6.13. The van der Waals surface area contributed by atoms with Gasteiger partial charge in [-0.2, -0.15) is 4.90 Å². The van der Waals surface area contributed by atoms with Crippen LogP contribution in [0.15, 0.2) is 121 Å². The molecule has 0 saturated carbocycles. The second-order valence-corrected chi connectivity index (χ2v) is 17.4. The van der Waals surface area contributed by atoms with E-state index in [1.807, 2.05) is 0 Å². The standard InChI is InChI=1S/C49H36N4O/c1-26(27-12-7-6-8-13-27)28-24-38-36-21-20-34-46-51-44-31(15-11-16-32(44)48(34,4)5)47(2,3)33-19-22-37-41(45(33)51)49(53(36)46)42-39(54-40(25-28)52(38)49)23-18-30-29-14-9-10-17-35(29)50(37)43(30)42/h6-26H,1-5H3/q+2. The zero-order valence-electron chi connectivity index (χ0n) is 30.8. The number of aromatic nitrogens is 3. The number of pyridine rings is 2. The van der Waals surface area contributed by atoms with Crippen molar-refractivity contribution in [3.05, 3.63) is 166 Å². The number of fused-ring (bicyclic) bond motifs is 5. The molecule has 256 valence electrons. The second kappa shape index (κ2) is 8.45. The summed E-state index contributed by atoms with van der Waals surface area (Å²) < 4.78 is 15.1. The highest BCUT2D eigenvalue weighted by Crippen LogP contribution is 2.67. The lowest BCUT2D eigenvalue weighted by molar-refractivity contribution is -0.936. The quantitative estimate of drug-likeness (QED) is 0.168. The minimum atomic E-state index is -0.704. The van der Waals surface area contributed by atoms with Crippen LogP contribution < -0.4 is 18.8 Å². The number of rotatable bonds is 2. The Labute approximate surface area is 312 Å². The third-order valence-electron chi connectivity index (χ3n) is 14.4. The Morgan fingerprint density at radius 3 is 2.17 bits per heavy atom. The van der Waals surface area contributed by atoms with Crippen LogP contribution in [0, 0.1) is 0 Å². The first-order chi connectivity index (χ1) is 26.2. The first-order valence-corrected chi connectivity index (χ1v) is 19.4. The minimum absolute atomic E-state index is 0.185. The summed E-state index contributed by atoms with van der Waals surface area (Å²) in [5.41, 5.74) is 18.3. The van der Waals surface area contributed by atoms with Gasteiger partial charge in [-0.15, -0.1) is 9.13 Å². The number of benzene rings is 5. The van der Waals surface area contributed by atoms with E-state index in [1.165, 1.54) is 101 Å². The lowest BCUT2D eigenvalue weighted by Crippen LogP contribution is -2.76. The molecule has 54 heavy (non-hydrogen) atoms. The maximum absolute atomic E-state index is 7.26. The molecule has 0 amide bonds. The van der Waals surface area contributed by atoms with Gasteiger partial charge in [0.25, 0.3) is 11.5 Å². The van der Waals surface area contributed by atoms with Crippen LogP contribution in [-0.4, -0.2) is 4.57 Å². The van der Waals surface area contributed by atoms with E-state index in [0.717, 1.165) is 11.6 Å². The van der Waals surface area contributed by atoms with Gasteiger partial charge in [0.1, 0.15) is 16.8 Å². The van der Waals surface area contributed by atoms with Crippen molar-refractivity contribution < 1.29 is 13.9 Å². The predicted molar refractivity (Wildman–Crippen MR) is 211 cm³/mol. The van der Waals surface area contributed by atoms with Gasteiger partial charge in [-0.3, -0.25) is 0 Å². The Hall–Kier alpha value is -6.20. The number of ether oxygens (including phenoxy) is 1. The maximum atomic E-state index is 7.26. The summed E-state index contributed by atoms with van der Waals surface area (Å²) in [5, 5.41) is 2.53. The molecule has 0 fully saturated rings. The zero-order chi connectivity index (χ0) is 35.8. The van der Waals surface area contributed by atoms with Gasteiger partial charge in [-0.1, -0.05) is 107 Å². The smallest absolute Gasteiger partial charge is 0.378 e. The van der Waals surface area contributed by atoms with Crippen LogP contribution in [0.2, 0.25) is 0 Å². The van der Waals surface area contributed by atoms with Gasteiger partial charge < -0.3 is 9.30 Å². The average Bonchev–Trinajstić information content (AvgIpc) is 3.69. The summed E-state index contributed by atoms with van der Waals surface area (Å²) in [6.07, 6.45) is 0. The second-order valence-electron chi connectivity index (χ2n) is 17.4. The van der Waals surface area contributed by atoms with Crippen molar-refractivity contribution in [2.45, 2.75) is 57.0 Å². The van der Waals surface area contributed by atoms with Gasteiger partial charge in [0.05, 0.1) is 28.4 Å². The lowest BCUT2D eigenvalue weighted by atomic mass is 9.64. The largest absolute Gasteiger partial charge is 0.404 e. The molecule has 14 rings (SSSR count). The first-order valence-electron chi connectivity index (χ1n) is 19.4. The third-order valence-corrected chi connectivity index (χ3v) is 14.4. The van der Waals surface area contributed by atoms with E-state index in [2.05, 4.69) is 175 Å². The fourth-order valence-corrected chi connectivity index (χ4v) is 11.9. The Bertz CT molecular complexity index is 3150. The molecule has 9 heterocycles. The van der Waals surface area contributed by atoms with Gasteiger partial charge >= 0.3 is 11.5 Å². The molecule has 0 radical (unpaired) electrons. The monoisotopic (exact) mass is 696 g/mol. The van der Waals surface area contributed by atoms with Crippen molar-refractivity contribution in [1.82, 2.24) is 4.57 Å². The summed E-state index contributed by atoms with van der Waals surface area (Å²) >= 11 is 0. The highest BCUT2D eigenvalue weighted by atomic mass is 16.5. The average molecular weight is 697 g/mol. The molecule has 6 aliphatic rings. The van der Waals surface area contributed by atoms with Crippen molar-refractivity contribution in [3.8, 4) is 28.7 Å². The molecular weight excluding hydrogens is 661 g/mol. The lowest BCUT2D eigenvalue weighted by Gasteiger charge is -2.49. The van der Waals surface area contributed by atoms with Crippen molar-refractivity contribution in [2.75, 3.05) is 4.90 Å². The minimum Gasteiger partial charge on any atom is -0.404 e. The van der Waals surface area contributed by atoms with Crippen LogP contribution in [0.5, 0.6) is 11.6 Å². The summed E-state index contributed by atoms with van der Waals surface area (Å²) in [7, 11) is 0. The summed E-state index contributed by atoms with van der Waals surface area (Å²) in [4.78, 5) is 2.69. The van der Waals surface area contributed by atoms with E-state index in [1.54, 1.807) is 0 Å². The molecule has 0 bridgehead atoms. The molecule has 2 unspecified atom stereocenters. The molecule has 5 heteroatoms. The zero-order valence-corrected chi connectivity index (χ0v) is 30.8. The van der Waals surface area contributed by atoms with Gasteiger partial charge in [0.2, 0.25) is 5.69 Å². The molecule has 0 saturated heterocycles. The fourth-order valence-electron chi connectivity index (χ4n) is 11.9. The Balaban J connectivity index is 1.25. The van der Waals surface area contributed by atoms with Crippen molar-refractivity contribution >= 4 is 39.0 Å². The van der Waals surface area contributed by atoms with Gasteiger partial charge in [0.15, 0.2) is 11.4 Å². The highest BCUT2D eigenvalue weighted by Gasteiger charge is 2.74. The third kappa shape index (κ3) is 2.66. The molecule has 2 atom stereocenters. The molecular formula is C49H36N4O+2. The number of hydrogen-bond acceptors (Lipinski definition) is 2. The fraction of sp³-hybridized carbons (Fsp3) is 0.184. The van der Waals surface area contributed by atoms with E-state index >= 15 is 0 Å². The molecule has 5 nitrogen and oxygen atoms in total. The van der Waals surface area contributed by atoms with E-state index in [4.69, 9.17) is 4.74 Å². The maximum Gasteiger partial charge on any atom is 0.378 e. The topological polar surface area (TPSA) is 25.2 Å². The number of para-hydroxylation sites is 2. The van der Waals surface area contributed by atoms with Crippen molar-refractivity contribution in [2.24, 2.45) is 0 Å². The van der Waals surface area contributed by atoms with Gasteiger partial charge in [-0.05, 0) is 47.5 Å². The Morgan fingerprint density at radius 2 is 1.33 bits per heavy atom. The Kier molecular flexibility index (Phi) is 4.43. The summed E-state index contributed by atoms with van der Waals surface area (Å²) in [6, 6.07) is 45.9. The van der Waals surface area contributed by atoms with Crippen molar-refractivity contribution in [1.29, 1.82) is 0 Å². The van der Waals surface area contributed by atoms with Crippen LogP contribution in [0.1, 0.15) is 85.0 Å². The number of hydrogen-bond donors (Lipinski definition) is 0. The van der Waals surface area contributed by atoms with E-state index in [0.29, 0.717) is 0 Å². The van der Waals surface area contributed by atoms with Gasteiger partial charge in [0, 0.05) is 50.3 Å². The normalized spacial score (nSPS) is 20.0. The molecule has 5 aromatic carbocycles. The summed E-state index contributed by atoms with van der Waals surface area (Å²) in [5.74, 6) is 3.29. The molecule has 8 aromatic rings. The molecule has 0 aliphatic carbocycles. The van der Waals surface area contributed by atoms with Gasteiger partial charge in [-0.25, -0.2) is 0 Å². The molecule has 1 spiro atoms. The van der Waals surface area contributed by atoms with E-state index in [9.17, 15) is 0 Å². The predicted octanol–water partition coefficient (Wildman–Crippen LogP) is 10.3. The van der Waals surface area contributed by atoms with E-state index in [-0.39, 0.29) is 16.7 Å².